The molecule has 0 spiro atoms. The van der Waals surface area contributed by atoms with Crippen LogP contribution in [0.15, 0.2) is 53.3 Å². The molecule has 2 aromatic carbocycles. The smallest absolute Gasteiger partial charge is 0.307 e. The first-order valence-electron chi connectivity index (χ1n) is 9.48. The number of methoxy groups -OCH3 is 1. The van der Waals surface area contributed by atoms with Gasteiger partial charge in [0.25, 0.3) is 11.5 Å². The number of para-hydroxylation sites is 3. The Morgan fingerprint density at radius 3 is 2.60 bits per heavy atom. The predicted molar refractivity (Wildman–Crippen MR) is 112 cm³/mol. The Morgan fingerprint density at radius 1 is 1.13 bits per heavy atom. The second-order valence-electron chi connectivity index (χ2n) is 6.73. The molecule has 1 aromatic heterocycles. The number of carbonyl (C=O) groups is 2. The molecule has 0 aliphatic carbocycles. The fourth-order valence-electron chi connectivity index (χ4n) is 2.99. The standard InChI is InChI=1S/C22H23N3O5/c1-14(21(27)24-17-10-6-7-11-18(17)29-3)30-20(26)13-12-19-23-16-9-5-4-8-15(16)22(28)25(19)2/h4-11,14H,12-13H2,1-3H3,(H,24,27)/t14-/m0/s1. The largest absolute Gasteiger partial charge is 0.495 e. The third-order valence-electron chi connectivity index (χ3n) is 4.67. The maximum atomic E-state index is 12.4. The van der Waals surface area contributed by atoms with E-state index in [0.29, 0.717) is 28.2 Å². The van der Waals surface area contributed by atoms with Crippen LogP contribution in [-0.2, 0) is 27.8 Å². The van der Waals surface area contributed by atoms with Gasteiger partial charge in [0.2, 0.25) is 0 Å². The molecule has 3 rings (SSSR count). The lowest BCUT2D eigenvalue weighted by molar-refractivity contribution is -0.153. The van der Waals surface area contributed by atoms with E-state index in [2.05, 4.69) is 10.3 Å². The monoisotopic (exact) mass is 409 g/mol. The Labute approximate surface area is 173 Å². The second kappa shape index (κ2) is 9.21. The van der Waals surface area contributed by atoms with E-state index in [4.69, 9.17) is 9.47 Å². The number of nitrogens with one attached hydrogen (secondary N) is 1. The minimum Gasteiger partial charge on any atom is -0.495 e. The average molecular weight is 409 g/mol. The summed E-state index contributed by atoms with van der Waals surface area (Å²) in [5, 5.41) is 3.20. The van der Waals surface area contributed by atoms with Crippen molar-refractivity contribution in [2.45, 2.75) is 25.9 Å². The number of aromatic nitrogens is 2. The van der Waals surface area contributed by atoms with Crippen LogP contribution in [0.25, 0.3) is 10.9 Å². The van der Waals surface area contributed by atoms with Gasteiger partial charge in [-0.2, -0.15) is 0 Å². The molecule has 0 aliphatic heterocycles. The molecule has 1 heterocycles. The average Bonchev–Trinajstić information content (AvgIpc) is 2.75. The topological polar surface area (TPSA) is 99.5 Å². The zero-order chi connectivity index (χ0) is 21.7. The summed E-state index contributed by atoms with van der Waals surface area (Å²) >= 11 is 0. The first-order chi connectivity index (χ1) is 14.4. The lowest BCUT2D eigenvalue weighted by Crippen LogP contribution is -2.30. The van der Waals surface area contributed by atoms with Crippen molar-refractivity contribution in [3.8, 4) is 5.75 Å². The fourth-order valence-corrected chi connectivity index (χ4v) is 2.99. The molecule has 0 saturated carbocycles. The Balaban J connectivity index is 1.60. The summed E-state index contributed by atoms with van der Waals surface area (Å²) in [6.07, 6.45) is -0.781. The van der Waals surface area contributed by atoms with Crippen molar-refractivity contribution < 1.29 is 19.1 Å². The molecule has 30 heavy (non-hydrogen) atoms. The highest BCUT2D eigenvalue weighted by Gasteiger charge is 2.19. The number of hydrogen-bond acceptors (Lipinski definition) is 6. The van der Waals surface area contributed by atoms with E-state index in [9.17, 15) is 14.4 Å². The van der Waals surface area contributed by atoms with Crippen LogP contribution in [0.4, 0.5) is 5.69 Å². The summed E-state index contributed by atoms with van der Waals surface area (Å²) in [7, 11) is 3.12. The van der Waals surface area contributed by atoms with Crippen molar-refractivity contribution >= 4 is 28.5 Å². The third kappa shape index (κ3) is 4.65. The molecule has 0 bridgehead atoms. The number of aryl methyl sites for hydroxylation is 1. The minimum atomic E-state index is -0.990. The predicted octanol–water partition coefficient (Wildman–Crippen LogP) is 2.45. The molecular weight excluding hydrogens is 386 g/mol. The summed E-state index contributed by atoms with van der Waals surface area (Å²) in [5.74, 6) is -0.0430. The van der Waals surface area contributed by atoms with Crippen molar-refractivity contribution in [2.24, 2.45) is 7.05 Å². The van der Waals surface area contributed by atoms with Crippen molar-refractivity contribution in [3.05, 3.63) is 64.7 Å². The maximum Gasteiger partial charge on any atom is 0.307 e. The molecule has 3 aromatic rings. The Morgan fingerprint density at radius 2 is 1.83 bits per heavy atom. The number of benzene rings is 2. The van der Waals surface area contributed by atoms with E-state index in [-0.39, 0.29) is 18.4 Å². The number of hydrogen-bond donors (Lipinski definition) is 1. The zero-order valence-corrected chi connectivity index (χ0v) is 17.0. The molecule has 1 N–H and O–H groups in total. The first kappa shape index (κ1) is 21.0. The maximum absolute atomic E-state index is 12.4. The molecule has 0 saturated heterocycles. The van der Waals surface area contributed by atoms with Crippen LogP contribution in [0.1, 0.15) is 19.2 Å². The lowest BCUT2D eigenvalue weighted by Gasteiger charge is -2.15. The van der Waals surface area contributed by atoms with Crippen LogP contribution >= 0.6 is 0 Å². The Hall–Kier alpha value is -3.68. The molecular formula is C22H23N3O5. The number of amides is 1. The van der Waals surface area contributed by atoms with E-state index in [1.807, 2.05) is 0 Å². The van der Waals surface area contributed by atoms with Gasteiger partial charge in [-0.15, -0.1) is 0 Å². The van der Waals surface area contributed by atoms with Crippen LogP contribution in [0, 0.1) is 0 Å². The summed E-state index contributed by atoms with van der Waals surface area (Å²) in [4.78, 5) is 41.4. The van der Waals surface area contributed by atoms with Crippen LogP contribution in [0.3, 0.4) is 0 Å². The lowest BCUT2D eigenvalue weighted by atomic mass is 10.2. The van der Waals surface area contributed by atoms with Crippen molar-refractivity contribution in [1.29, 1.82) is 0 Å². The van der Waals surface area contributed by atoms with E-state index in [1.165, 1.54) is 18.6 Å². The van der Waals surface area contributed by atoms with Gasteiger partial charge in [-0.3, -0.25) is 19.0 Å². The van der Waals surface area contributed by atoms with Gasteiger partial charge in [-0.05, 0) is 31.2 Å². The number of carbonyl (C=O) groups excluding carboxylic acids is 2. The van der Waals surface area contributed by atoms with Gasteiger partial charge in [0.15, 0.2) is 6.10 Å². The van der Waals surface area contributed by atoms with Gasteiger partial charge in [0.1, 0.15) is 11.6 Å². The van der Waals surface area contributed by atoms with Gasteiger partial charge in [-0.25, -0.2) is 4.98 Å². The molecule has 156 valence electrons. The molecule has 1 amide bonds. The van der Waals surface area contributed by atoms with Crippen LogP contribution in [0.2, 0.25) is 0 Å². The normalized spacial score (nSPS) is 11.7. The third-order valence-corrected chi connectivity index (χ3v) is 4.67. The van der Waals surface area contributed by atoms with E-state index < -0.39 is 18.0 Å². The minimum absolute atomic E-state index is 0.00903. The second-order valence-corrected chi connectivity index (χ2v) is 6.73. The molecule has 8 heteroatoms. The molecule has 0 aliphatic rings. The zero-order valence-electron chi connectivity index (χ0n) is 17.0. The highest BCUT2D eigenvalue weighted by atomic mass is 16.5. The Bertz CT molecular complexity index is 1140. The summed E-state index contributed by atoms with van der Waals surface area (Å²) in [5.41, 5.74) is 0.894. The van der Waals surface area contributed by atoms with E-state index in [0.717, 1.165) is 0 Å². The van der Waals surface area contributed by atoms with Gasteiger partial charge >= 0.3 is 5.97 Å². The van der Waals surface area contributed by atoms with Crippen LogP contribution in [-0.4, -0.2) is 34.6 Å². The van der Waals surface area contributed by atoms with Crippen molar-refractivity contribution in [1.82, 2.24) is 9.55 Å². The van der Waals surface area contributed by atoms with Crippen LogP contribution in [0.5, 0.6) is 5.75 Å². The summed E-state index contributed by atoms with van der Waals surface area (Å²) in [6, 6.07) is 14.0. The molecule has 0 radical (unpaired) electrons. The van der Waals surface area contributed by atoms with Crippen molar-refractivity contribution in [2.75, 3.05) is 12.4 Å². The quantitative estimate of drug-likeness (QED) is 0.602. The van der Waals surface area contributed by atoms with Crippen molar-refractivity contribution in [3.63, 3.8) is 0 Å². The molecule has 0 fully saturated rings. The summed E-state index contributed by atoms with van der Waals surface area (Å²) in [6.45, 7) is 1.49. The number of esters is 1. The highest BCUT2D eigenvalue weighted by Crippen LogP contribution is 2.23. The number of rotatable bonds is 7. The molecule has 1 atom stereocenters. The SMILES string of the molecule is COc1ccccc1NC(=O)[C@H](C)OC(=O)CCc1nc2ccccc2c(=O)n1C. The fraction of sp³-hybridized carbons (Fsp3) is 0.273. The number of fused-ring (bicyclic) bond motifs is 1. The van der Waals surface area contributed by atoms with E-state index in [1.54, 1.807) is 55.6 Å². The van der Waals surface area contributed by atoms with Gasteiger partial charge in [-0.1, -0.05) is 24.3 Å². The Kier molecular flexibility index (Phi) is 6.46. The molecule has 0 unspecified atom stereocenters. The highest BCUT2D eigenvalue weighted by molar-refractivity contribution is 5.96. The number of ether oxygens (including phenoxy) is 2. The van der Waals surface area contributed by atoms with Gasteiger partial charge in [0.05, 0.1) is 30.1 Å². The van der Waals surface area contributed by atoms with Crippen LogP contribution < -0.4 is 15.6 Å². The first-order valence-corrected chi connectivity index (χ1v) is 9.48. The van der Waals surface area contributed by atoms with Gasteiger partial charge < -0.3 is 14.8 Å². The number of nitrogens with zero attached hydrogens (tertiary/aromatic N) is 2. The molecule has 8 nitrogen and oxygen atoms in total. The van der Waals surface area contributed by atoms with E-state index >= 15 is 0 Å². The van der Waals surface area contributed by atoms with Gasteiger partial charge in [0, 0.05) is 13.5 Å². The number of anilines is 1. The summed E-state index contributed by atoms with van der Waals surface area (Å²) < 4.78 is 11.8.